The highest BCUT2D eigenvalue weighted by Crippen LogP contribution is 2.40. The largest absolute Gasteiger partial charge is 0.450 e. The van der Waals surface area contributed by atoms with E-state index in [0.717, 1.165) is 16.7 Å². The molecule has 1 fully saturated rings. The van der Waals surface area contributed by atoms with Crippen LogP contribution < -0.4 is 10.6 Å². The van der Waals surface area contributed by atoms with Crippen molar-refractivity contribution in [3.8, 4) is 0 Å². The first kappa shape index (κ1) is 30.8. The summed E-state index contributed by atoms with van der Waals surface area (Å²) < 4.78 is 4.66. The lowest BCUT2D eigenvalue weighted by Crippen LogP contribution is -2.58. The summed E-state index contributed by atoms with van der Waals surface area (Å²) in [6.45, 7) is 6.31. The summed E-state index contributed by atoms with van der Waals surface area (Å²) in [6.07, 6.45) is -0.776. The van der Waals surface area contributed by atoms with Gasteiger partial charge in [-0.1, -0.05) is 54.6 Å². The van der Waals surface area contributed by atoms with E-state index < -0.39 is 34.9 Å². The van der Waals surface area contributed by atoms with Crippen molar-refractivity contribution in [1.82, 2.24) is 15.5 Å². The van der Waals surface area contributed by atoms with Gasteiger partial charge in [-0.05, 0) is 56.7 Å². The molecule has 0 aromatic heterocycles. The van der Waals surface area contributed by atoms with Gasteiger partial charge in [-0.15, -0.1) is 23.4 Å². The lowest BCUT2D eigenvalue weighted by molar-refractivity contribution is -0.147. The number of aliphatic hydroxyl groups excluding tert-OH is 1. The maximum absolute atomic E-state index is 13.7. The van der Waals surface area contributed by atoms with E-state index in [2.05, 4.69) is 10.6 Å². The number of carbonyl (C=O) groups is 3. The highest BCUT2D eigenvalue weighted by Gasteiger charge is 2.49. The van der Waals surface area contributed by atoms with E-state index in [1.807, 2.05) is 75.4 Å². The summed E-state index contributed by atoms with van der Waals surface area (Å²) in [6, 6.07) is 15.3. The summed E-state index contributed by atoms with van der Waals surface area (Å²) in [5, 5.41) is 16.9. The number of unbranched alkanes of at least 4 members (excludes halogenated alkanes) is 1. The molecule has 3 atom stereocenters. The smallest absolute Gasteiger partial charge is 0.407 e. The molecule has 1 saturated heterocycles. The van der Waals surface area contributed by atoms with Crippen molar-refractivity contribution in [2.75, 3.05) is 18.4 Å². The molecule has 212 valence electrons. The number of alkyl carbamates (subject to hydrolysis) is 1. The number of hydrogen-bond acceptors (Lipinski definition) is 6. The zero-order chi connectivity index (χ0) is 28.4. The van der Waals surface area contributed by atoms with Crippen molar-refractivity contribution in [2.45, 2.75) is 69.5 Å². The molecule has 0 saturated carbocycles. The zero-order valence-corrected chi connectivity index (χ0v) is 24.3. The van der Waals surface area contributed by atoms with Crippen molar-refractivity contribution in [1.29, 1.82) is 0 Å². The van der Waals surface area contributed by atoms with Crippen LogP contribution in [0.2, 0.25) is 0 Å². The number of carbonyl (C=O) groups excluding carboxylic acids is 3. The molecule has 3 rings (SSSR count). The Kier molecular flexibility index (Phi) is 11.5. The second-order valence-corrected chi connectivity index (χ2v) is 12.1. The minimum Gasteiger partial charge on any atom is -0.450 e. The van der Waals surface area contributed by atoms with Gasteiger partial charge in [-0.2, -0.15) is 0 Å². The maximum Gasteiger partial charge on any atom is 0.407 e. The molecule has 0 bridgehead atoms. The van der Waals surface area contributed by atoms with Crippen molar-refractivity contribution in [3.05, 3.63) is 71.3 Å². The number of thioether (sulfide) groups is 1. The number of rotatable bonds is 12. The van der Waals surface area contributed by atoms with E-state index in [0.29, 0.717) is 25.3 Å². The van der Waals surface area contributed by atoms with Gasteiger partial charge in [0.2, 0.25) is 5.91 Å². The summed E-state index contributed by atoms with van der Waals surface area (Å²) in [5.74, 6) is -0.196. The first-order valence-corrected chi connectivity index (χ1v) is 14.6. The van der Waals surface area contributed by atoms with Gasteiger partial charge >= 0.3 is 6.09 Å². The number of amides is 3. The second kappa shape index (κ2) is 14.6. The van der Waals surface area contributed by atoms with Gasteiger partial charge in [0, 0.05) is 17.2 Å². The average molecular weight is 576 g/mol. The van der Waals surface area contributed by atoms with Crippen LogP contribution in [0, 0.1) is 6.92 Å². The van der Waals surface area contributed by atoms with Crippen molar-refractivity contribution < 1.29 is 24.2 Å². The Bertz CT molecular complexity index is 1120. The fourth-order valence-electron chi connectivity index (χ4n) is 4.51. The third kappa shape index (κ3) is 8.62. The van der Waals surface area contributed by atoms with Crippen LogP contribution in [0.3, 0.4) is 0 Å². The SMILES string of the molecule is Cc1ccccc1CNC(=O)C1N(C(=O)C(O)C(Cc2ccccc2)NC(=O)OCCCCCl)CSC1(C)C. The van der Waals surface area contributed by atoms with E-state index in [-0.39, 0.29) is 24.8 Å². The Morgan fingerprint density at radius 2 is 1.82 bits per heavy atom. The highest BCUT2D eigenvalue weighted by atomic mass is 35.5. The number of nitrogens with zero attached hydrogens (tertiary/aromatic N) is 1. The first-order chi connectivity index (χ1) is 18.6. The number of ether oxygens (including phenoxy) is 1. The third-order valence-corrected chi connectivity index (χ3v) is 8.43. The number of halogens is 1. The van der Waals surface area contributed by atoms with Gasteiger partial charge in [0.05, 0.1) is 18.5 Å². The molecule has 0 spiro atoms. The minimum atomic E-state index is -1.58. The van der Waals surface area contributed by atoms with E-state index in [1.54, 1.807) is 0 Å². The molecule has 2 aromatic carbocycles. The van der Waals surface area contributed by atoms with Gasteiger partial charge in [-0.25, -0.2) is 4.79 Å². The molecule has 2 aromatic rings. The first-order valence-electron chi connectivity index (χ1n) is 13.1. The molecule has 39 heavy (non-hydrogen) atoms. The fourth-order valence-corrected chi connectivity index (χ4v) is 5.84. The molecule has 3 unspecified atom stereocenters. The van der Waals surface area contributed by atoms with Crippen LogP contribution in [-0.2, 0) is 27.3 Å². The molecule has 0 radical (unpaired) electrons. The van der Waals surface area contributed by atoms with E-state index in [1.165, 1.54) is 16.7 Å². The van der Waals surface area contributed by atoms with Crippen LogP contribution in [0.5, 0.6) is 0 Å². The molecule has 1 aliphatic rings. The Labute approximate surface area is 239 Å². The third-order valence-electron chi connectivity index (χ3n) is 6.79. The Morgan fingerprint density at radius 3 is 2.51 bits per heavy atom. The Morgan fingerprint density at radius 1 is 1.13 bits per heavy atom. The molecule has 8 nitrogen and oxygen atoms in total. The topological polar surface area (TPSA) is 108 Å². The number of nitrogens with one attached hydrogen (secondary N) is 2. The molecule has 10 heteroatoms. The van der Waals surface area contributed by atoms with Crippen molar-refractivity contribution in [3.63, 3.8) is 0 Å². The average Bonchev–Trinajstić information content (AvgIpc) is 3.24. The normalized spacial score (nSPS) is 17.8. The second-order valence-electron chi connectivity index (χ2n) is 10.1. The quantitative estimate of drug-likeness (QED) is 0.261. The molecule has 0 aliphatic carbocycles. The van der Waals surface area contributed by atoms with E-state index in [4.69, 9.17) is 16.3 Å². The lowest BCUT2D eigenvalue weighted by Gasteiger charge is -2.33. The van der Waals surface area contributed by atoms with E-state index in [9.17, 15) is 19.5 Å². The van der Waals surface area contributed by atoms with Crippen LogP contribution in [0.15, 0.2) is 54.6 Å². The fraction of sp³-hybridized carbons (Fsp3) is 0.483. The zero-order valence-electron chi connectivity index (χ0n) is 22.7. The number of benzene rings is 2. The number of aliphatic hydroxyl groups is 1. The highest BCUT2D eigenvalue weighted by molar-refractivity contribution is 8.00. The summed E-state index contributed by atoms with van der Waals surface area (Å²) in [4.78, 5) is 41.0. The van der Waals surface area contributed by atoms with Gasteiger partial charge in [-0.3, -0.25) is 9.59 Å². The molecular weight excluding hydrogens is 538 g/mol. The molecule has 3 amide bonds. The summed E-state index contributed by atoms with van der Waals surface area (Å²) in [5.41, 5.74) is 2.88. The lowest BCUT2D eigenvalue weighted by atomic mass is 9.97. The standard InChI is InChI=1S/C29H38ClN3O5S/c1-20-11-7-8-14-22(20)18-31-26(35)25-29(2,3)39-19-33(25)27(36)24(34)23(17-21-12-5-4-6-13-21)32-28(37)38-16-10-9-15-30/h4-8,11-14,23-25,34H,9-10,15-19H2,1-3H3,(H,31,35)(H,32,37). The van der Waals surface area contributed by atoms with Crippen LogP contribution in [0.1, 0.15) is 43.4 Å². The molecule has 1 aliphatic heterocycles. The van der Waals surface area contributed by atoms with Crippen LogP contribution in [0.25, 0.3) is 0 Å². The van der Waals surface area contributed by atoms with Gasteiger partial charge in [0.25, 0.3) is 5.91 Å². The number of aryl methyl sites for hydroxylation is 1. The van der Waals surface area contributed by atoms with Crippen LogP contribution >= 0.6 is 23.4 Å². The minimum absolute atomic E-state index is 0.181. The predicted octanol–water partition coefficient (Wildman–Crippen LogP) is 4.01. The Hall–Kier alpha value is -2.75. The summed E-state index contributed by atoms with van der Waals surface area (Å²) >= 11 is 7.15. The van der Waals surface area contributed by atoms with Crippen LogP contribution in [0.4, 0.5) is 4.79 Å². The monoisotopic (exact) mass is 575 g/mol. The van der Waals surface area contributed by atoms with Crippen LogP contribution in [-0.4, -0.2) is 69.2 Å². The van der Waals surface area contributed by atoms with Crippen molar-refractivity contribution >= 4 is 41.3 Å². The van der Waals surface area contributed by atoms with Gasteiger partial charge in [0.15, 0.2) is 6.10 Å². The summed E-state index contributed by atoms with van der Waals surface area (Å²) in [7, 11) is 0. The predicted molar refractivity (Wildman–Crippen MR) is 155 cm³/mol. The van der Waals surface area contributed by atoms with E-state index >= 15 is 0 Å². The molecule has 3 N–H and O–H groups in total. The van der Waals surface area contributed by atoms with Crippen molar-refractivity contribution in [2.24, 2.45) is 0 Å². The number of hydrogen-bond donors (Lipinski definition) is 3. The number of alkyl halides is 1. The van der Waals surface area contributed by atoms with Gasteiger partial charge in [0.1, 0.15) is 6.04 Å². The van der Waals surface area contributed by atoms with Gasteiger partial charge < -0.3 is 25.4 Å². The molecular formula is C29H38ClN3O5S. The maximum atomic E-state index is 13.7. The Balaban J connectivity index is 1.74. The molecule has 1 heterocycles.